The smallest absolute Gasteiger partial charge is 0.184 e. The van der Waals surface area contributed by atoms with Crippen molar-refractivity contribution in [2.45, 2.75) is 6.92 Å². The Balaban J connectivity index is 1.95. The fourth-order valence-corrected chi connectivity index (χ4v) is 1.78. The second-order valence-electron chi connectivity index (χ2n) is 4.22. The summed E-state index contributed by atoms with van der Waals surface area (Å²) >= 11 is 0. The molecule has 18 heavy (non-hydrogen) atoms. The minimum Gasteiger partial charge on any atom is -0.331 e. The highest BCUT2D eigenvalue weighted by Gasteiger charge is 1.97. The third kappa shape index (κ3) is 2.11. The maximum absolute atomic E-state index is 4.42. The highest BCUT2D eigenvalue weighted by molar-refractivity contribution is 5.75. The molecule has 0 radical (unpaired) electrons. The van der Waals surface area contributed by atoms with Gasteiger partial charge in [-0.25, -0.2) is 4.98 Å². The molecule has 0 atom stereocenters. The Hall–Kier alpha value is -2.53. The summed E-state index contributed by atoms with van der Waals surface area (Å²) in [7, 11) is 0. The maximum Gasteiger partial charge on any atom is 0.184 e. The van der Waals surface area contributed by atoms with Crippen molar-refractivity contribution in [2.24, 2.45) is 0 Å². The van der Waals surface area contributed by atoms with E-state index in [1.54, 1.807) is 0 Å². The molecule has 0 amide bonds. The molecule has 1 N–H and O–H groups in total. The lowest BCUT2D eigenvalue weighted by Crippen LogP contribution is -1.78. The van der Waals surface area contributed by atoms with Crippen LogP contribution in [0.5, 0.6) is 0 Å². The molecule has 1 heterocycles. The van der Waals surface area contributed by atoms with Crippen LogP contribution in [0.2, 0.25) is 0 Å². The first-order chi connectivity index (χ1) is 8.81. The van der Waals surface area contributed by atoms with E-state index in [1.165, 1.54) is 5.56 Å². The Labute approximate surface area is 106 Å². The molecule has 0 unspecified atom stereocenters. The van der Waals surface area contributed by atoms with Gasteiger partial charge in [0.2, 0.25) is 0 Å². The van der Waals surface area contributed by atoms with Crippen LogP contribution in [0.4, 0.5) is 0 Å². The van der Waals surface area contributed by atoms with Gasteiger partial charge in [0.25, 0.3) is 0 Å². The van der Waals surface area contributed by atoms with Crippen molar-refractivity contribution in [2.75, 3.05) is 0 Å². The summed E-state index contributed by atoms with van der Waals surface area (Å²) in [4.78, 5) is 7.61. The molecule has 86 valence electrons. The van der Waals surface area contributed by atoms with Gasteiger partial charge >= 0.3 is 0 Å². The Kier molecular flexibility index (Phi) is 2.59. The molecule has 2 aromatic carbocycles. The highest BCUT2D eigenvalue weighted by atomic mass is 14.9. The number of para-hydroxylation sites is 2. The number of aromatic amines is 1. The molecule has 3 aromatic rings. The molecule has 1 aromatic heterocycles. The number of aromatic nitrogens is 2. The Bertz CT molecular complexity index is 707. The molecular weight excluding hydrogens is 220 g/mol. The largest absolute Gasteiger partial charge is 0.331 e. The van der Waals surface area contributed by atoms with Gasteiger partial charge in [-0.05, 0) is 37.1 Å². The van der Waals surface area contributed by atoms with E-state index in [4.69, 9.17) is 0 Å². The molecule has 0 aliphatic heterocycles. The predicted octanol–water partition coefficient (Wildman–Crippen LogP) is 3.27. The number of hydrogen-bond acceptors (Lipinski definition) is 1. The number of hydrogen-bond donors (Lipinski definition) is 1. The van der Waals surface area contributed by atoms with Gasteiger partial charge in [-0.2, -0.15) is 0 Å². The molecule has 0 aliphatic carbocycles. The average molecular weight is 232 g/mol. The lowest BCUT2D eigenvalue weighted by molar-refractivity contribution is 1.28. The van der Waals surface area contributed by atoms with Crippen LogP contribution < -0.4 is 0 Å². The topological polar surface area (TPSA) is 28.7 Å². The Morgan fingerprint density at radius 1 is 0.944 bits per heavy atom. The minimum absolute atomic E-state index is 0.705. The molecule has 0 fully saturated rings. The number of nitrogens with one attached hydrogen (secondary N) is 1. The molecule has 2 heteroatoms. The zero-order valence-corrected chi connectivity index (χ0v) is 10.1. The quantitative estimate of drug-likeness (QED) is 0.592. The molecule has 0 spiro atoms. The first kappa shape index (κ1) is 10.6. The van der Waals surface area contributed by atoms with Gasteiger partial charge in [0, 0.05) is 5.56 Å². The normalized spacial score (nSPS) is 10.1. The Morgan fingerprint density at radius 3 is 2.50 bits per heavy atom. The van der Waals surface area contributed by atoms with Crippen molar-refractivity contribution in [1.82, 2.24) is 9.97 Å². The van der Waals surface area contributed by atoms with Gasteiger partial charge in [-0.3, -0.25) is 0 Å². The summed E-state index contributed by atoms with van der Waals surface area (Å²) in [6, 6.07) is 16.1. The first-order valence-corrected chi connectivity index (χ1v) is 5.85. The van der Waals surface area contributed by atoms with Gasteiger partial charge < -0.3 is 4.98 Å². The van der Waals surface area contributed by atoms with E-state index in [9.17, 15) is 0 Å². The third-order valence-corrected chi connectivity index (χ3v) is 2.77. The zero-order valence-electron chi connectivity index (χ0n) is 10.1. The monoisotopic (exact) mass is 232 g/mol. The summed E-state index contributed by atoms with van der Waals surface area (Å²) in [5.74, 6) is 6.86. The summed E-state index contributed by atoms with van der Waals surface area (Å²) < 4.78 is 0. The van der Waals surface area contributed by atoms with Crippen molar-refractivity contribution in [3.8, 4) is 11.8 Å². The van der Waals surface area contributed by atoms with Crippen molar-refractivity contribution >= 4 is 11.0 Å². The first-order valence-electron chi connectivity index (χ1n) is 5.85. The van der Waals surface area contributed by atoms with Crippen molar-refractivity contribution in [3.63, 3.8) is 0 Å². The van der Waals surface area contributed by atoms with Gasteiger partial charge in [-0.1, -0.05) is 35.7 Å². The van der Waals surface area contributed by atoms with E-state index in [0.717, 1.165) is 16.6 Å². The van der Waals surface area contributed by atoms with Crippen molar-refractivity contribution in [1.29, 1.82) is 0 Å². The lowest BCUT2D eigenvalue weighted by atomic mass is 10.1. The number of H-pyrrole nitrogens is 1. The van der Waals surface area contributed by atoms with Crippen LogP contribution >= 0.6 is 0 Å². The van der Waals surface area contributed by atoms with Crippen LogP contribution in [0.25, 0.3) is 11.0 Å². The van der Waals surface area contributed by atoms with Crippen molar-refractivity contribution < 1.29 is 0 Å². The van der Waals surface area contributed by atoms with Crippen LogP contribution in [-0.2, 0) is 0 Å². The van der Waals surface area contributed by atoms with E-state index in [1.807, 2.05) is 36.4 Å². The standard InChI is InChI=1S/C16H12N2/c1-12-6-8-13(9-7-12)10-11-16-17-14-4-2-3-5-15(14)18-16/h2-9H,1H3,(H,17,18). The van der Waals surface area contributed by atoms with Crippen molar-refractivity contribution in [3.05, 3.63) is 65.5 Å². The number of fused-ring (bicyclic) bond motifs is 1. The van der Waals surface area contributed by atoms with E-state index in [-0.39, 0.29) is 0 Å². The second kappa shape index (κ2) is 4.38. The van der Waals surface area contributed by atoms with Gasteiger partial charge in [-0.15, -0.1) is 0 Å². The van der Waals surface area contributed by atoms with Crippen LogP contribution in [0, 0.1) is 18.8 Å². The average Bonchev–Trinajstić information content (AvgIpc) is 2.81. The lowest BCUT2D eigenvalue weighted by Gasteiger charge is -1.90. The van der Waals surface area contributed by atoms with E-state index in [2.05, 4.69) is 40.9 Å². The van der Waals surface area contributed by atoms with Crippen LogP contribution in [0.3, 0.4) is 0 Å². The summed E-state index contributed by atoms with van der Waals surface area (Å²) in [6.07, 6.45) is 0. The number of benzene rings is 2. The van der Waals surface area contributed by atoms with Crippen LogP contribution in [0.15, 0.2) is 48.5 Å². The molecule has 0 bridgehead atoms. The third-order valence-electron chi connectivity index (χ3n) is 2.77. The Morgan fingerprint density at radius 2 is 1.72 bits per heavy atom. The van der Waals surface area contributed by atoms with Gasteiger partial charge in [0.1, 0.15) is 0 Å². The number of aryl methyl sites for hydroxylation is 1. The second-order valence-corrected chi connectivity index (χ2v) is 4.22. The zero-order chi connectivity index (χ0) is 12.4. The van der Waals surface area contributed by atoms with Gasteiger partial charge in [0.05, 0.1) is 11.0 Å². The maximum atomic E-state index is 4.42. The molecule has 0 aliphatic rings. The fraction of sp³-hybridized carbons (Fsp3) is 0.0625. The SMILES string of the molecule is Cc1ccc(C#Cc2nc3ccccc3[nH]2)cc1. The minimum atomic E-state index is 0.705. The molecule has 0 saturated carbocycles. The predicted molar refractivity (Wildman–Crippen MR) is 73.3 cm³/mol. The van der Waals surface area contributed by atoms with Crippen LogP contribution in [-0.4, -0.2) is 9.97 Å². The number of nitrogens with zero attached hydrogens (tertiary/aromatic N) is 1. The van der Waals surface area contributed by atoms with Gasteiger partial charge in [0.15, 0.2) is 5.82 Å². The number of rotatable bonds is 0. The summed E-state index contributed by atoms with van der Waals surface area (Å²) in [5, 5.41) is 0. The van der Waals surface area contributed by atoms with Crippen LogP contribution in [0.1, 0.15) is 17.0 Å². The molecule has 0 saturated heterocycles. The van der Waals surface area contributed by atoms with E-state index < -0.39 is 0 Å². The molecule has 3 rings (SSSR count). The summed E-state index contributed by atoms with van der Waals surface area (Å²) in [5.41, 5.74) is 4.21. The highest BCUT2D eigenvalue weighted by Crippen LogP contribution is 2.09. The molecular formula is C16H12N2. The fourth-order valence-electron chi connectivity index (χ4n) is 1.78. The van der Waals surface area contributed by atoms with E-state index >= 15 is 0 Å². The molecule has 2 nitrogen and oxygen atoms in total. The number of imidazole rings is 1. The summed E-state index contributed by atoms with van der Waals surface area (Å²) in [6.45, 7) is 2.07. The van der Waals surface area contributed by atoms with E-state index in [0.29, 0.717) is 5.82 Å².